The fraction of sp³-hybridized carbons (Fsp3) is 0.579. The first kappa shape index (κ1) is 20.0. The second-order valence-corrected chi connectivity index (χ2v) is 6.68. The molecule has 0 heterocycles. The maximum absolute atomic E-state index is 12.1. The van der Waals surface area contributed by atoms with Crippen molar-refractivity contribution >= 4 is 11.9 Å². The van der Waals surface area contributed by atoms with Crippen molar-refractivity contribution in [3.8, 4) is 11.5 Å². The molecule has 0 radical (unpaired) electrons. The molecule has 2 rings (SSSR count). The van der Waals surface area contributed by atoms with E-state index in [1.54, 1.807) is 14.2 Å². The van der Waals surface area contributed by atoms with E-state index in [0.29, 0.717) is 18.0 Å². The molecule has 0 unspecified atom stereocenters. The summed E-state index contributed by atoms with van der Waals surface area (Å²) in [6.07, 6.45) is 5.44. The largest absolute Gasteiger partial charge is 0.493 e. The number of carbonyl (C=O) groups is 2. The van der Waals surface area contributed by atoms with Gasteiger partial charge in [-0.1, -0.05) is 31.4 Å². The van der Waals surface area contributed by atoms with Crippen molar-refractivity contribution in [3.05, 3.63) is 23.8 Å². The number of rotatable bonds is 7. The van der Waals surface area contributed by atoms with Crippen LogP contribution in [-0.2, 0) is 11.3 Å². The van der Waals surface area contributed by atoms with E-state index in [-0.39, 0.29) is 18.5 Å². The normalized spacial score (nSPS) is 14.8. The monoisotopic (exact) mass is 363 g/mol. The van der Waals surface area contributed by atoms with Crippen LogP contribution in [0.4, 0.5) is 4.79 Å². The van der Waals surface area contributed by atoms with E-state index in [1.807, 2.05) is 30.1 Å². The number of amides is 3. The van der Waals surface area contributed by atoms with Gasteiger partial charge < -0.3 is 14.8 Å². The first-order valence-corrected chi connectivity index (χ1v) is 9.02. The number of hydrogen-bond acceptors (Lipinski definition) is 5. The number of imide groups is 1. The maximum Gasteiger partial charge on any atom is 0.321 e. The van der Waals surface area contributed by atoms with E-state index in [1.165, 1.54) is 6.42 Å². The number of urea groups is 1. The van der Waals surface area contributed by atoms with E-state index in [0.717, 1.165) is 31.2 Å². The first-order valence-electron chi connectivity index (χ1n) is 9.02. The number of likely N-dealkylation sites (N-methyl/N-ethyl adjacent to an activating group) is 1. The Morgan fingerprint density at radius 2 is 1.88 bits per heavy atom. The Morgan fingerprint density at radius 1 is 1.15 bits per heavy atom. The predicted molar refractivity (Wildman–Crippen MR) is 99.4 cm³/mol. The lowest BCUT2D eigenvalue weighted by molar-refractivity contribution is -0.121. The Labute approximate surface area is 155 Å². The van der Waals surface area contributed by atoms with Gasteiger partial charge >= 0.3 is 6.03 Å². The summed E-state index contributed by atoms with van der Waals surface area (Å²) in [6.45, 7) is 0.608. The Balaban J connectivity index is 1.82. The summed E-state index contributed by atoms with van der Waals surface area (Å²) in [7, 11) is 4.99. The van der Waals surface area contributed by atoms with Gasteiger partial charge in [-0.3, -0.25) is 15.0 Å². The molecule has 1 aliphatic carbocycles. The van der Waals surface area contributed by atoms with Crippen molar-refractivity contribution in [2.75, 3.05) is 27.8 Å². The van der Waals surface area contributed by atoms with Crippen molar-refractivity contribution in [3.63, 3.8) is 0 Å². The highest BCUT2D eigenvalue weighted by molar-refractivity contribution is 5.95. The molecular formula is C19H29N3O4. The Morgan fingerprint density at radius 3 is 2.54 bits per heavy atom. The van der Waals surface area contributed by atoms with Crippen LogP contribution in [0.2, 0.25) is 0 Å². The highest BCUT2D eigenvalue weighted by Gasteiger charge is 2.18. The van der Waals surface area contributed by atoms with Crippen LogP contribution in [0.25, 0.3) is 0 Å². The summed E-state index contributed by atoms with van der Waals surface area (Å²) in [6, 6.07) is 5.39. The fourth-order valence-electron chi connectivity index (χ4n) is 3.30. The number of carbonyl (C=O) groups excluding carboxylic acids is 2. The van der Waals surface area contributed by atoms with Gasteiger partial charge in [0.1, 0.15) is 0 Å². The van der Waals surface area contributed by atoms with Crippen molar-refractivity contribution < 1.29 is 19.1 Å². The molecule has 0 saturated heterocycles. The van der Waals surface area contributed by atoms with E-state index in [4.69, 9.17) is 9.47 Å². The zero-order valence-electron chi connectivity index (χ0n) is 15.8. The van der Waals surface area contributed by atoms with Gasteiger partial charge in [0.25, 0.3) is 0 Å². The van der Waals surface area contributed by atoms with Crippen molar-refractivity contribution in [2.45, 2.75) is 44.7 Å². The Hall–Kier alpha value is -2.28. The molecule has 0 aromatic heterocycles. The molecule has 0 spiro atoms. The maximum atomic E-state index is 12.1. The molecule has 144 valence electrons. The molecular weight excluding hydrogens is 334 g/mol. The molecule has 2 N–H and O–H groups in total. The number of benzene rings is 1. The quantitative estimate of drug-likeness (QED) is 0.777. The van der Waals surface area contributed by atoms with Gasteiger partial charge in [0.2, 0.25) is 5.91 Å². The summed E-state index contributed by atoms with van der Waals surface area (Å²) >= 11 is 0. The summed E-state index contributed by atoms with van der Waals surface area (Å²) < 4.78 is 10.7. The molecule has 1 aliphatic rings. The molecule has 26 heavy (non-hydrogen) atoms. The Kier molecular flexibility index (Phi) is 7.72. The standard InChI is InChI=1S/C19H29N3O4/c1-22(12-14-8-7-11-16(25-2)18(14)26-3)13-17(23)21-19(24)20-15-9-5-4-6-10-15/h7-8,11,15H,4-6,9-10,12-13H2,1-3H3,(H2,20,21,23,24). The van der Waals surface area contributed by atoms with Crippen LogP contribution in [0.15, 0.2) is 18.2 Å². The number of hydrogen-bond donors (Lipinski definition) is 2. The average Bonchev–Trinajstić information content (AvgIpc) is 2.61. The second kappa shape index (κ2) is 10.0. The summed E-state index contributed by atoms with van der Waals surface area (Å²) in [5.74, 6) is 0.967. The number of para-hydroxylation sites is 1. The Bertz CT molecular complexity index is 615. The molecule has 7 heteroatoms. The summed E-state index contributed by atoms with van der Waals surface area (Å²) in [5, 5.41) is 5.29. The van der Waals surface area contributed by atoms with Gasteiger partial charge in [0.15, 0.2) is 11.5 Å². The minimum absolute atomic E-state index is 0.110. The number of nitrogens with one attached hydrogen (secondary N) is 2. The second-order valence-electron chi connectivity index (χ2n) is 6.68. The zero-order valence-corrected chi connectivity index (χ0v) is 15.8. The number of methoxy groups -OCH3 is 2. The third-order valence-electron chi connectivity index (χ3n) is 4.53. The molecule has 3 amide bonds. The van der Waals surface area contributed by atoms with Crippen LogP contribution in [0, 0.1) is 0 Å². The van der Waals surface area contributed by atoms with Gasteiger partial charge in [-0.2, -0.15) is 0 Å². The van der Waals surface area contributed by atoms with Crippen LogP contribution in [0.1, 0.15) is 37.7 Å². The first-order chi connectivity index (χ1) is 12.5. The van der Waals surface area contributed by atoms with Crippen LogP contribution < -0.4 is 20.1 Å². The minimum Gasteiger partial charge on any atom is -0.493 e. The third-order valence-corrected chi connectivity index (χ3v) is 4.53. The number of nitrogens with zero attached hydrogens (tertiary/aromatic N) is 1. The van der Waals surface area contributed by atoms with E-state index >= 15 is 0 Å². The molecule has 1 saturated carbocycles. The van der Waals surface area contributed by atoms with E-state index in [2.05, 4.69) is 10.6 Å². The highest BCUT2D eigenvalue weighted by Crippen LogP contribution is 2.31. The van der Waals surface area contributed by atoms with Gasteiger partial charge in [0, 0.05) is 18.2 Å². The lowest BCUT2D eigenvalue weighted by Crippen LogP contribution is -2.47. The van der Waals surface area contributed by atoms with Gasteiger partial charge in [-0.15, -0.1) is 0 Å². The average molecular weight is 363 g/mol. The third kappa shape index (κ3) is 5.91. The highest BCUT2D eigenvalue weighted by atomic mass is 16.5. The molecule has 1 aromatic carbocycles. The van der Waals surface area contributed by atoms with Crippen LogP contribution in [-0.4, -0.2) is 50.7 Å². The van der Waals surface area contributed by atoms with Gasteiger partial charge in [0.05, 0.1) is 20.8 Å². The number of ether oxygens (including phenoxy) is 2. The fourth-order valence-corrected chi connectivity index (χ4v) is 3.30. The molecule has 0 aliphatic heterocycles. The lowest BCUT2D eigenvalue weighted by Gasteiger charge is -2.23. The van der Waals surface area contributed by atoms with Crippen molar-refractivity contribution in [1.82, 2.24) is 15.5 Å². The van der Waals surface area contributed by atoms with Gasteiger partial charge in [-0.25, -0.2) is 4.79 Å². The predicted octanol–water partition coefficient (Wildman–Crippen LogP) is 2.29. The van der Waals surface area contributed by atoms with Crippen molar-refractivity contribution in [2.24, 2.45) is 0 Å². The smallest absolute Gasteiger partial charge is 0.321 e. The molecule has 0 atom stereocenters. The SMILES string of the molecule is COc1cccc(CN(C)CC(=O)NC(=O)NC2CCCCC2)c1OC. The zero-order chi connectivity index (χ0) is 18.9. The van der Waals surface area contributed by atoms with Crippen LogP contribution in [0.3, 0.4) is 0 Å². The lowest BCUT2D eigenvalue weighted by atomic mass is 9.96. The molecule has 1 fully saturated rings. The molecule has 0 bridgehead atoms. The van der Waals surface area contributed by atoms with Gasteiger partial charge in [-0.05, 0) is 26.0 Å². The van der Waals surface area contributed by atoms with E-state index < -0.39 is 6.03 Å². The van der Waals surface area contributed by atoms with Crippen LogP contribution >= 0.6 is 0 Å². The minimum atomic E-state index is -0.408. The topological polar surface area (TPSA) is 79.9 Å². The summed E-state index contributed by atoms with van der Waals surface area (Å²) in [4.78, 5) is 25.9. The van der Waals surface area contributed by atoms with E-state index in [9.17, 15) is 9.59 Å². The summed E-state index contributed by atoms with van der Waals surface area (Å²) in [5.41, 5.74) is 0.911. The van der Waals surface area contributed by atoms with Crippen LogP contribution in [0.5, 0.6) is 11.5 Å². The molecule has 1 aromatic rings. The molecule has 7 nitrogen and oxygen atoms in total. The van der Waals surface area contributed by atoms with Crippen molar-refractivity contribution in [1.29, 1.82) is 0 Å².